The molecule has 4 heterocycles. The number of imidazole rings is 2. The maximum atomic E-state index is 4.75. The van der Waals surface area contributed by atoms with E-state index in [4.69, 9.17) is 9.97 Å². The van der Waals surface area contributed by atoms with E-state index in [1.165, 1.54) is 20.9 Å². The highest BCUT2D eigenvalue weighted by atomic mass is 32.1. The van der Waals surface area contributed by atoms with Crippen molar-refractivity contribution in [3.63, 3.8) is 0 Å². The lowest BCUT2D eigenvalue weighted by Gasteiger charge is -2.02. The third-order valence-electron chi connectivity index (χ3n) is 5.44. The van der Waals surface area contributed by atoms with Crippen LogP contribution < -0.4 is 0 Å². The van der Waals surface area contributed by atoms with Crippen LogP contribution in [-0.4, -0.2) is 19.9 Å². The summed E-state index contributed by atoms with van der Waals surface area (Å²) in [5, 5.41) is 4.22. The first-order chi connectivity index (χ1) is 15.3. The molecule has 6 heteroatoms. The van der Waals surface area contributed by atoms with Gasteiger partial charge in [-0.3, -0.25) is 0 Å². The van der Waals surface area contributed by atoms with Crippen molar-refractivity contribution in [2.45, 2.75) is 19.3 Å². The smallest absolute Gasteiger partial charge is 0.112 e. The highest BCUT2D eigenvalue weighted by molar-refractivity contribution is 7.10. The van der Waals surface area contributed by atoms with Crippen LogP contribution in [0.2, 0.25) is 0 Å². The van der Waals surface area contributed by atoms with Crippen molar-refractivity contribution < 1.29 is 0 Å². The summed E-state index contributed by atoms with van der Waals surface area (Å²) in [6.45, 7) is 0. The van der Waals surface area contributed by atoms with E-state index in [0.717, 1.165) is 53.0 Å². The Morgan fingerprint density at radius 3 is 1.58 bits per heavy atom. The third kappa shape index (κ3) is 3.92. The second-order valence-corrected chi connectivity index (χ2v) is 9.82. The Bertz CT molecular complexity index is 1340. The van der Waals surface area contributed by atoms with Crippen LogP contribution in [0.3, 0.4) is 0 Å². The van der Waals surface area contributed by atoms with Crippen molar-refractivity contribution in [3.05, 3.63) is 104 Å². The zero-order valence-electron chi connectivity index (χ0n) is 16.8. The molecule has 4 nitrogen and oxygen atoms in total. The second-order valence-electron chi connectivity index (χ2n) is 7.76. The number of nitrogens with one attached hydrogen (secondary N) is 2. The summed E-state index contributed by atoms with van der Waals surface area (Å²) in [5.41, 5.74) is 6.80. The largest absolute Gasteiger partial charge is 0.342 e. The summed E-state index contributed by atoms with van der Waals surface area (Å²) in [7, 11) is 0. The summed E-state index contributed by atoms with van der Waals surface area (Å²) >= 11 is 3.54. The van der Waals surface area contributed by atoms with Gasteiger partial charge in [0.15, 0.2) is 0 Å². The van der Waals surface area contributed by atoms with Gasteiger partial charge in [-0.2, -0.15) is 0 Å². The molecule has 6 aromatic rings. The van der Waals surface area contributed by atoms with E-state index in [0.29, 0.717) is 0 Å². The number of rotatable bonds is 6. The van der Waals surface area contributed by atoms with Crippen LogP contribution in [-0.2, 0) is 19.3 Å². The highest BCUT2D eigenvalue weighted by Gasteiger charge is 2.08. The van der Waals surface area contributed by atoms with Crippen LogP contribution >= 0.6 is 22.7 Å². The van der Waals surface area contributed by atoms with Crippen LogP contribution in [0.5, 0.6) is 0 Å². The molecular weight excluding hydrogens is 420 g/mol. The van der Waals surface area contributed by atoms with E-state index in [1.54, 1.807) is 22.7 Å². The summed E-state index contributed by atoms with van der Waals surface area (Å²) in [4.78, 5) is 19.1. The van der Waals surface area contributed by atoms with E-state index in [9.17, 15) is 0 Å². The Kier molecular flexibility index (Phi) is 4.66. The van der Waals surface area contributed by atoms with Crippen molar-refractivity contribution in [1.29, 1.82) is 0 Å². The van der Waals surface area contributed by atoms with Crippen LogP contribution in [0.25, 0.3) is 22.1 Å². The molecule has 31 heavy (non-hydrogen) atoms. The SMILES string of the molecule is c1csc(Cc2nc3ccc(Cc4ccc5nc(Cc6cccs6)[nH]c5c4)cc3[nH]2)c1. The van der Waals surface area contributed by atoms with Crippen molar-refractivity contribution in [3.8, 4) is 0 Å². The standard InChI is InChI=1S/C25H20N4S2/c1-3-18(30-9-1)14-24-26-20-7-5-16(12-22(20)28-24)11-17-6-8-21-23(13-17)29-25(27-21)15-19-4-2-10-31-19/h1-10,12-13H,11,14-15H2,(H,26,28)(H,27,29). The first kappa shape index (κ1) is 18.5. The van der Waals surface area contributed by atoms with E-state index < -0.39 is 0 Å². The molecule has 0 radical (unpaired) electrons. The monoisotopic (exact) mass is 440 g/mol. The predicted octanol–water partition coefficient (Wildman–Crippen LogP) is 6.33. The molecular formula is C25H20N4S2. The zero-order valence-corrected chi connectivity index (χ0v) is 18.4. The molecule has 0 aliphatic heterocycles. The zero-order chi connectivity index (χ0) is 20.6. The van der Waals surface area contributed by atoms with Crippen molar-refractivity contribution in [2.24, 2.45) is 0 Å². The fourth-order valence-electron chi connectivity index (χ4n) is 4.00. The lowest BCUT2D eigenvalue weighted by molar-refractivity contribution is 1.06. The maximum absolute atomic E-state index is 4.75. The molecule has 6 rings (SSSR count). The number of fused-ring (bicyclic) bond motifs is 2. The molecule has 0 saturated carbocycles. The van der Waals surface area contributed by atoms with Crippen LogP contribution in [0.4, 0.5) is 0 Å². The highest BCUT2D eigenvalue weighted by Crippen LogP contribution is 2.22. The first-order valence-corrected chi connectivity index (χ1v) is 12.0. The van der Waals surface area contributed by atoms with Gasteiger partial charge in [0.05, 0.1) is 22.1 Å². The Labute approximate surface area is 187 Å². The number of aromatic nitrogens is 4. The number of H-pyrrole nitrogens is 2. The number of hydrogen-bond donors (Lipinski definition) is 2. The molecule has 0 fully saturated rings. The van der Waals surface area contributed by atoms with Gasteiger partial charge in [0.25, 0.3) is 0 Å². The minimum absolute atomic E-state index is 0.853. The summed E-state index contributed by atoms with van der Waals surface area (Å²) in [5.74, 6) is 2.04. The normalized spacial score (nSPS) is 11.6. The van der Waals surface area contributed by atoms with Gasteiger partial charge in [0.1, 0.15) is 11.6 Å². The Morgan fingerprint density at radius 2 is 1.13 bits per heavy atom. The minimum atomic E-state index is 0.853. The average molecular weight is 441 g/mol. The number of benzene rings is 2. The van der Waals surface area contributed by atoms with Gasteiger partial charge in [-0.25, -0.2) is 9.97 Å². The Morgan fingerprint density at radius 1 is 0.613 bits per heavy atom. The summed E-state index contributed by atoms with van der Waals surface area (Å²) < 4.78 is 0. The molecule has 0 saturated heterocycles. The fourth-order valence-corrected chi connectivity index (χ4v) is 5.42. The molecule has 0 amide bonds. The lowest BCUT2D eigenvalue weighted by Crippen LogP contribution is -1.88. The molecule has 2 N–H and O–H groups in total. The van der Waals surface area contributed by atoms with Crippen LogP contribution in [0, 0.1) is 0 Å². The molecule has 0 spiro atoms. The number of thiophene rings is 2. The quantitative estimate of drug-likeness (QED) is 0.318. The summed E-state index contributed by atoms with van der Waals surface area (Å²) in [6.07, 6.45) is 2.59. The third-order valence-corrected chi connectivity index (χ3v) is 7.20. The average Bonchev–Trinajstić information content (AvgIpc) is 3.55. The van der Waals surface area contributed by atoms with Crippen molar-refractivity contribution >= 4 is 44.7 Å². The molecule has 152 valence electrons. The van der Waals surface area contributed by atoms with Gasteiger partial charge in [-0.15, -0.1) is 22.7 Å². The molecule has 4 aromatic heterocycles. The van der Waals surface area contributed by atoms with Gasteiger partial charge in [-0.1, -0.05) is 24.3 Å². The topological polar surface area (TPSA) is 57.4 Å². The van der Waals surface area contributed by atoms with E-state index in [-0.39, 0.29) is 0 Å². The second kappa shape index (κ2) is 7.80. The molecule has 2 aromatic carbocycles. The van der Waals surface area contributed by atoms with E-state index in [2.05, 4.69) is 81.4 Å². The Balaban J connectivity index is 1.23. The molecule has 0 aliphatic carbocycles. The Hall–Kier alpha value is -3.22. The van der Waals surface area contributed by atoms with Crippen LogP contribution in [0.15, 0.2) is 71.4 Å². The minimum Gasteiger partial charge on any atom is -0.342 e. The number of aromatic amines is 2. The van der Waals surface area contributed by atoms with Crippen LogP contribution in [0.1, 0.15) is 32.5 Å². The lowest BCUT2D eigenvalue weighted by atomic mass is 10.0. The maximum Gasteiger partial charge on any atom is 0.112 e. The number of nitrogens with zero attached hydrogens (tertiary/aromatic N) is 2. The number of hydrogen-bond acceptors (Lipinski definition) is 4. The van der Waals surface area contributed by atoms with Crippen molar-refractivity contribution in [1.82, 2.24) is 19.9 Å². The molecule has 0 bridgehead atoms. The van der Waals surface area contributed by atoms with Gasteiger partial charge in [-0.05, 0) is 64.7 Å². The van der Waals surface area contributed by atoms with Gasteiger partial charge in [0, 0.05) is 22.6 Å². The fraction of sp³-hybridized carbons (Fsp3) is 0.120. The summed E-state index contributed by atoms with van der Waals surface area (Å²) in [6, 6.07) is 21.5. The van der Waals surface area contributed by atoms with Gasteiger partial charge < -0.3 is 9.97 Å². The van der Waals surface area contributed by atoms with E-state index >= 15 is 0 Å². The van der Waals surface area contributed by atoms with E-state index in [1.807, 2.05) is 0 Å². The predicted molar refractivity (Wildman–Crippen MR) is 129 cm³/mol. The first-order valence-electron chi connectivity index (χ1n) is 10.3. The van der Waals surface area contributed by atoms with Gasteiger partial charge >= 0.3 is 0 Å². The van der Waals surface area contributed by atoms with Crippen molar-refractivity contribution in [2.75, 3.05) is 0 Å². The molecule has 0 aliphatic rings. The molecule has 0 unspecified atom stereocenters. The van der Waals surface area contributed by atoms with Gasteiger partial charge in [0.2, 0.25) is 0 Å². The molecule has 0 atom stereocenters.